The molecule has 0 saturated carbocycles. The molecule has 0 radical (unpaired) electrons. The molecule has 0 spiro atoms. The van der Waals surface area contributed by atoms with E-state index >= 15 is 0 Å². The van der Waals surface area contributed by atoms with Crippen LogP contribution in [-0.4, -0.2) is 41.6 Å². The number of alkyl carbamates (subject to hydrolysis) is 1. The number of carbonyl (C=O) groups excluding carboxylic acids is 2. The topological polar surface area (TPSA) is 58.6 Å². The van der Waals surface area contributed by atoms with E-state index in [4.69, 9.17) is 4.74 Å². The molecule has 1 N–H and O–H groups in total. The fourth-order valence-electron chi connectivity index (χ4n) is 2.00. The van der Waals surface area contributed by atoms with Crippen LogP contribution in [0.2, 0.25) is 0 Å². The van der Waals surface area contributed by atoms with Crippen molar-refractivity contribution in [2.24, 2.45) is 5.92 Å². The first-order valence-electron chi connectivity index (χ1n) is 6.44. The second-order valence-corrected chi connectivity index (χ2v) is 5.98. The van der Waals surface area contributed by atoms with Crippen molar-refractivity contribution in [2.75, 3.05) is 13.1 Å². The van der Waals surface area contributed by atoms with E-state index in [0.717, 1.165) is 13.0 Å². The zero-order valence-electron chi connectivity index (χ0n) is 11.9. The standard InChI is InChI=1S/C13H24N2O3/c1-9-6-7-15(10(2)16)8-11(9)14-12(17)18-13(3,4)5/h9,11H,6-8H2,1-5H3,(H,14,17)/t9-,11-/m1/s1. The quantitative estimate of drug-likeness (QED) is 0.778. The average molecular weight is 256 g/mol. The Balaban J connectivity index is 2.53. The summed E-state index contributed by atoms with van der Waals surface area (Å²) in [7, 11) is 0. The molecule has 2 atom stereocenters. The minimum Gasteiger partial charge on any atom is -0.444 e. The number of rotatable bonds is 1. The molecule has 1 fully saturated rings. The van der Waals surface area contributed by atoms with Crippen LogP contribution >= 0.6 is 0 Å². The largest absolute Gasteiger partial charge is 0.444 e. The van der Waals surface area contributed by atoms with Crippen LogP contribution in [0.1, 0.15) is 41.0 Å². The zero-order valence-corrected chi connectivity index (χ0v) is 11.9. The van der Waals surface area contributed by atoms with E-state index in [9.17, 15) is 9.59 Å². The maximum Gasteiger partial charge on any atom is 0.407 e. The molecule has 1 aliphatic rings. The van der Waals surface area contributed by atoms with Gasteiger partial charge in [0.05, 0.1) is 6.04 Å². The number of hydrogen-bond donors (Lipinski definition) is 1. The third-order valence-corrected chi connectivity index (χ3v) is 3.11. The predicted octanol–water partition coefficient (Wildman–Crippen LogP) is 1.77. The van der Waals surface area contributed by atoms with Crippen molar-refractivity contribution in [2.45, 2.75) is 52.7 Å². The molecule has 18 heavy (non-hydrogen) atoms. The highest BCUT2D eigenvalue weighted by Gasteiger charge is 2.29. The molecule has 5 heteroatoms. The lowest BCUT2D eigenvalue weighted by Gasteiger charge is -2.37. The summed E-state index contributed by atoms with van der Waals surface area (Å²) in [6.45, 7) is 10.5. The molecular weight excluding hydrogens is 232 g/mol. The van der Waals surface area contributed by atoms with Gasteiger partial charge in [-0.05, 0) is 33.1 Å². The highest BCUT2D eigenvalue weighted by Crippen LogP contribution is 2.18. The molecule has 1 saturated heterocycles. The highest BCUT2D eigenvalue weighted by molar-refractivity contribution is 5.73. The Hall–Kier alpha value is -1.26. The molecule has 0 unspecified atom stereocenters. The number of hydrogen-bond acceptors (Lipinski definition) is 3. The first-order chi connectivity index (χ1) is 8.19. The summed E-state index contributed by atoms with van der Waals surface area (Å²) in [5.74, 6) is 0.408. The third-order valence-electron chi connectivity index (χ3n) is 3.11. The molecule has 2 amide bonds. The highest BCUT2D eigenvalue weighted by atomic mass is 16.6. The second-order valence-electron chi connectivity index (χ2n) is 5.98. The number of nitrogens with one attached hydrogen (secondary N) is 1. The maximum atomic E-state index is 11.7. The Kier molecular flexibility index (Phi) is 4.59. The summed E-state index contributed by atoms with van der Waals surface area (Å²) in [6.07, 6.45) is 0.491. The molecule has 0 aromatic heterocycles. The van der Waals surface area contributed by atoms with Gasteiger partial charge in [0.25, 0.3) is 0 Å². The van der Waals surface area contributed by atoms with Crippen molar-refractivity contribution in [3.63, 3.8) is 0 Å². The lowest BCUT2D eigenvalue weighted by atomic mass is 9.93. The van der Waals surface area contributed by atoms with Crippen LogP contribution < -0.4 is 5.32 Å². The van der Waals surface area contributed by atoms with Crippen LogP contribution in [0.15, 0.2) is 0 Å². The van der Waals surface area contributed by atoms with Gasteiger partial charge in [-0.1, -0.05) is 6.92 Å². The fraction of sp³-hybridized carbons (Fsp3) is 0.846. The van der Waals surface area contributed by atoms with Crippen molar-refractivity contribution in [3.05, 3.63) is 0 Å². The molecular formula is C13H24N2O3. The monoisotopic (exact) mass is 256 g/mol. The summed E-state index contributed by atoms with van der Waals surface area (Å²) >= 11 is 0. The third kappa shape index (κ3) is 4.55. The van der Waals surface area contributed by atoms with Gasteiger partial charge in [0.1, 0.15) is 5.60 Å². The smallest absolute Gasteiger partial charge is 0.407 e. The van der Waals surface area contributed by atoms with Crippen LogP contribution in [0.5, 0.6) is 0 Å². The average Bonchev–Trinajstić information content (AvgIpc) is 2.18. The second kappa shape index (κ2) is 5.59. The molecule has 1 heterocycles. The summed E-state index contributed by atoms with van der Waals surface area (Å²) < 4.78 is 5.23. The molecule has 0 aromatic carbocycles. The molecule has 1 rings (SSSR count). The number of piperidine rings is 1. The van der Waals surface area contributed by atoms with Gasteiger partial charge in [-0.2, -0.15) is 0 Å². The number of carbonyl (C=O) groups is 2. The molecule has 104 valence electrons. The van der Waals surface area contributed by atoms with Crippen molar-refractivity contribution < 1.29 is 14.3 Å². The van der Waals surface area contributed by atoms with Crippen LogP contribution in [-0.2, 0) is 9.53 Å². The fourth-order valence-corrected chi connectivity index (χ4v) is 2.00. The van der Waals surface area contributed by atoms with E-state index in [1.807, 2.05) is 20.8 Å². The Morgan fingerprint density at radius 2 is 1.94 bits per heavy atom. The van der Waals surface area contributed by atoms with Gasteiger partial charge >= 0.3 is 6.09 Å². The van der Waals surface area contributed by atoms with Crippen molar-refractivity contribution in [3.8, 4) is 0 Å². The SMILES string of the molecule is CC(=O)N1CC[C@@H](C)[C@H](NC(=O)OC(C)(C)C)C1. The lowest BCUT2D eigenvalue weighted by molar-refractivity contribution is -0.130. The van der Waals surface area contributed by atoms with Gasteiger partial charge in [-0.15, -0.1) is 0 Å². The van der Waals surface area contributed by atoms with Gasteiger partial charge in [0.2, 0.25) is 5.91 Å². The maximum absolute atomic E-state index is 11.7. The van der Waals surface area contributed by atoms with E-state index in [-0.39, 0.29) is 11.9 Å². The molecule has 0 aliphatic carbocycles. The Morgan fingerprint density at radius 1 is 1.33 bits per heavy atom. The van der Waals surface area contributed by atoms with Gasteiger partial charge in [0, 0.05) is 20.0 Å². The van der Waals surface area contributed by atoms with E-state index in [1.54, 1.807) is 11.8 Å². The number of nitrogens with zero attached hydrogens (tertiary/aromatic N) is 1. The Labute approximate surface area is 109 Å². The Morgan fingerprint density at radius 3 is 2.44 bits per heavy atom. The number of likely N-dealkylation sites (tertiary alicyclic amines) is 1. The van der Waals surface area contributed by atoms with Crippen molar-refractivity contribution in [1.29, 1.82) is 0 Å². The van der Waals surface area contributed by atoms with E-state index < -0.39 is 11.7 Å². The van der Waals surface area contributed by atoms with Gasteiger partial charge in [-0.25, -0.2) is 4.79 Å². The Bertz CT molecular complexity index is 323. The van der Waals surface area contributed by atoms with Gasteiger partial charge in [-0.3, -0.25) is 4.79 Å². The first-order valence-corrected chi connectivity index (χ1v) is 6.44. The molecule has 0 bridgehead atoms. The van der Waals surface area contributed by atoms with Crippen molar-refractivity contribution in [1.82, 2.24) is 10.2 Å². The predicted molar refractivity (Wildman–Crippen MR) is 69.2 cm³/mol. The number of ether oxygens (including phenoxy) is 1. The molecule has 1 aliphatic heterocycles. The summed E-state index contributed by atoms with van der Waals surface area (Å²) in [6, 6.07) is -0.0301. The van der Waals surface area contributed by atoms with E-state index in [1.165, 1.54) is 0 Å². The summed E-state index contributed by atoms with van der Waals surface area (Å²) in [5.41, 5.74) is -0.498. The normalized spacial score (nSPS) is 24.6. The van der Waals surface area contributed by atoms with Crippen LogP contribution in [0, 0.1) is 5.92 Å². The minimum atomic E-state index is -0.498. The van der Waals surface area contributed by atoms with E-state index in [0.29, 0.717) is 12.5 Å². The molecule has 5 nitrogen and oxygen atoms in total. The van der Waals surface area contributed by atoms with Gasteiger partial charge < -0.3 is 15.0 Å². The van der Waals surface area contributed by atoms with E-state index in [2.05, 4.69) is 12.2 Å². The molecule has 0 aromatic rings. The summed E-state index contributed by atoms with van der Waals surface area (Å²) in [5, 5.41) is 2.85. The van der Waals surface area contributed by atoms with Crippen LogP contribution in [0.25, 0.3) is 0 Å². The van der Waals surface area contributed by atoms with Crippen LogP contribution in [0.3, 0.4) is 0 Å². The lowest BCUT2D eigenvalue weighted by Crippen LogP contribution is -2.53. The van der Waals surface area contributed by atoms with Gasteiger partial charge in [0.15, 0.2) is 0 Å². The first kappa shape index (κ1) is 14.8. The summed E-state index contributed by atoms with van der Waals surface area (Å²) in [4.78, 5) is 24.8. The van der Waals surface area contributed by atoms with Crippen molar-refractivity contribution >= 4 is 12.0 Å². The number of amides is 2. The minimum absolute atomic E-state index is 0.0301. The zero-order chi connectivity index (χ0) is 13.9. The van der Waals surface area contributed by atoms with Crippen LogP contribution in [0.4, 0.5) is 4.79 Å².